The molecule has 1 fully saturated rings. The van der Waals surface area contributed by atoms with Gasteiger partial charge >= 0.3 is 0 Å². The molecule has 1 aromatic carbocycles. The Hall–Kier alpha value is -1.57. The summed E-state index contributed by atoms with van der Waals surface area (Å²) in [6.07, 6.45) is 0. The van der Waals surface area contributed by atoms with Crippen LogP contribution in [-0.4, -0.2) is 46.1 Å². The summed E-state index contributed by atoms with van der Waals surface area (Å²) < 4.78 is 9.60. The molecule has 0 aliphatic carbocycles. The number of aromatic nitrogens is 4. The number of tetrazole rings is 1. The van der Waals surface area contributed by atoms with Gasteiger partial charge in [-0.2, -0.15) is 4.68 Å². The fourth-order valence-corrected chi connectivity index (χ4v) is 2.49. The molecule has 1 aliphatic heterocycles. The maximum Gasteiger partial charge on any atom is 0.221 e. The van der Waals surface area contributed by atoms with Crippen LogP contribution in [0.2, 0.25) is 0 Å². The van der Waals surface area contributed by atoms with Crippen molar-refractivity contribution in [2.75, 3.05) is 26.3 Å². The zero-order valence-corrected chi connectivity index (χ0v) is 12.1. The third-order valence-corrected chi connectivity index (χ3v) is 3.87. The van der Waals surface area contributed by atoms with Crippen molar-refractivity contribution in [3.8, 4) is 0 Å². The van der Waals surface area contributed by atoms with E-state index in [9.17, 15) is 0 Å². The molecule has 2 aromatic rings. The van der Waals surface area contributed by atoms with Crippen molar-refractivity contribution in [1.82, 2.24) is 19.8 Å². The van der Waals surface area contributed by atoms with Gasteiger partial charge in [0.05, 0.1) is 19.8 Å². The Balaban J connectivity index is 1.70. The summed E-state index contributed by atoms with van der Waals surface area (Å²) >= 11 is 5.45. The van der Waals surface area contributed by atoms with Crippen molar-refractivity contribution in [3.63, 3.8) is 0 Å². The fraction of sp³-hybridized carbons (Fsp3) is 0.462. The number of morpholine rings is 1. The van der Waals surface area contributed by atoms with Gasteiger partial charge in [0.2, 0.25) is 4.77 Å². The molecule has 1 N–H and O–H groups in total. The second kappa shape index (κ2) is 6.25. The first kappa shape index (κ1) is 13.4. The van der Waals surface area contributed by atoms with E-state index >= 15 is 0 Å². The SMILES string of the molecule is S=c1n(Cc2ccccc2)nnn1C[NH+]1CCOCC1. The summed E-state index contributed by atoms with van der Waals surface area (Å²) in [5.41, 5.74) is 1.18. The molecule has 0 unspecified atom stereocenters. The average Bonchev–Trinajstić information content (AvgIpc) is 2.83. The van der Waals surface area contributed by atoms with Crippen LogP contribution in [0.3, 0.4) is 0 Å². The number of benzene rings is 1. The Bertz CT molecular complexity index is 603. The van der Waals surface area contributed by atoms with Gasteiger partial charge in [0.1, 0.15) is 13.1 Å². The van der Waals surface area contributed by atoms with Crippen molar-refractivity contribution in [2.45, 2.75) is 13.2 Å². The van der Waals surface area contributed by atoms with Crippen LogP contribution in [0.5, 0.6) is 0 Å². The van der Waals surface area contributed by atoms with Crippen molar-refractivity contribution in [2.24, 2.45) is 0 Å². The number of nitrogens with one attached hydrogen (secondary N) is 1. The summed E-state index contributed by atoms with van der Waals surface area (Å²) in [5.74, 6) is 0. The molecule has 1 saturated heterocycles. The molecule has 7 heteroatoms. The molecule has 0 atom stereocenters. The van der Waals surface area contributed by atoms with Crippen LogP contribution < -0.4 is 4.90 Å². The number of ether oxygens (including phenoxy) is 1. The zero-order valence-electron chi connectivity index (χ0n) is 11.2. The standard InChI is InChI=1S/C13H17N5OS/c20-13-17(10-12-4-2-1-3-5-12)14-15-18(13)11-16-6-8-19-9-7-16/h1-5H,6-11H2/p+1. The van der Waals surface area contributed by atoms with Gasteiger partial charge in [-0.25, -0.2) is 4.68 Å². The molecular formula is C13H18N5OS+. The van der Waals surface area contributed by atoms with Crippen molar-refractivity contribution < 1.29 is 9.64 Å². The van der Waals surface area contributed by atoms with Crippen LogP contribution in [0, 0.1) is 4.77 Å². The lowest BCUT2D eigenvalue weighted by Crippen LogP contribution is -3.13. The second-order valence-electron chi connectivity index (χ2n) is 4.92. The Labute approximate surface area is 122 Å². The van der Waals surface area contributed by atoms with Crippen LogP contribution in [0.4, 0.5) is 0 Å². The molecule has 6 nitrogen and oxygen atoms in total. The minimum atomic E-state index is 0.665. The number of nitrogens with zero attached hydrogens (tertiary/aromatic N) is 4. The minimum Gasteiger partial charge on any atom is -0.370 e. The van der Waals surface area contributed by atoms with Gasteiger partial charge < -0.3 is 9.64 Å². The number of hydrogen-bond acceptors (Lipinski definition) is 4. The molecule has 2 heterocycles. The number of hydrogen-bond donors (Lipinski definition) is 1. The second-order valence-corrected chi connectivity index (χ2v) is 5.29. The Morgan fingerprint density at radius 2 is 1.80 bits per heavy atom. The molecular weight excluding hydrogens is 274 g/mol. The lowest BCUT2D eigenvalue weighted by atomic mass is 10.2. The molecule has 1 aliphatic rings. The van der Waals surface area contributed by atoms with E-state index in [1.165, 1.54) is 10.5 Å². The predicted octanol–water partition coefficient (Wildman–Crippen LogP) is -0.270. The van der Waals surface area contributed by atoms with Gasteiger partial charge in [-0.05, 0) is 28.2 Å². The summed E-state index contributed by atoms with van der Waals surface area (Å²) in [5, 5.41) is 8.33. The van der Waals surface area contributed by atoms with E-state index in [1.54, 1.807) is 9.36 Å². The Kier molecular flexibility index (Phi) is 4.19. The average molecular weight is 292 g/mol. The lowest BCUT2D eigenvalue weighted by molar-refractivity contribution is -0.931. The minimum absolute atomic E-state index is 0.665. The van der Waals surface area contributed by atoms with Crippen LogP contribution in [0.1, 0.15) is 5.56 Å². The monoisotopic (exact) mass is 292 g/mol. The Morgan fingerprint density at radius 1 is 1.10 bits per heavy atom. The topological polar surface area (TPSA) is 49.3 Å². The van der Waals surface area contributed by atoms with Crippen molar-refractivity contribution in [3.05, 3.63) is 40.7 Å². The van der Waals surface area contributed by atoms with Crippen molar-refractivity contribution in [1.29, 1.82) is 0 Å². The molecule has 3 rings (SSSR count). The Morgan fingerprint density at radius 3 is 2.55 bits per heavy atom. The van der Waals surface area contributed by atoms with E-state index in [4.69, 9.17) is 17.0 Å². The van der Waals surface area contributed by atoms with Gasteiger partial charge in [0.15, 0.2) is 6.67 Å². The van der Waals surface area contributed by atoms with Gasteiger partial charge in [0, 0.05) is 0 Å². The van der Waals surface area contributed by atoms with E-state index < -0.39 is 0 Å². The summed E-state index contributed by atoms with van der Waals surface area (Å²) in [7, 11) is 0. The normalized spacial score (nSPS) is 16.4. The van der Waals surface area contributed by atoms with E-state index in [2.05, 4.69) is 22.6 Å². The van der Waals surface area contributed by atoms with Crippen LogP contribution in [0.15, 0.2) is 30.3 Å². The van der Waals surface area contributed by atoms with Crippen LogP contribution >= 0.6 is 12.2 Å². The fourth-order valence-electron chi connectivity index (χ4n) is 2.29. The maximum atomic E-state index is 5.45. The molecule has 0 spiro atoms. The smallest absolute Gasteiger partial charge is 0.221 e. The number of quaternary nitrogens is 1. The zero-order chi connectivity index (χ0) is 13.8. The van der Waals surface area contributed by atoms with Gasteiger partial charge in [-0.3, -0.25) is 0 Å². The van der Waals surface area contributed by atoms with E-state index in [0.29, 0.717) is 11.3 Å². The van der Waals surface area contributed by atoms with Gasteiger partial charge in [-0.15, -0.1) is 0 Å². The highest BCUT2D eigenvalue weighted by Gasteiger charge is 2.16. The van der Waals surface area contributed by atoms with E-state index in [1.807, 2.05) is 18.2 Å². The van der Waals surface area contributed by atoms with Gasteiger partial charge in [0.25, 0.3) is 0 Å². The van der Waals surface area contributed by atoms with E-state index in [0.717, 1.165) is 33.0 Å². The van der Waals surface area contributed by atoms with Gasteiger partial charge in [-0.1, -0.05) is 30.3 Å². The first-order chi connectivity index (χ1) is 9.83. The predicted molar refractivity (Wildman–Crippen MR) is 75.9 cm³/mol. The highest BCUT2D eigenvalue weighted by atomic mass is 32.1. The first-order valence-corrected chi connectivity index (χ1v) is 7.19. The largest absolute Gasteiger partial charge is 0.370 e. The summed E-state index contributed by atoms with van der Waals surface area (Å²) in [6, 6.07) is 10.2. The van der Waals surface area contributed by atoms with Crippen molar-refractivity contribution >= 4 is 12.2 Å². The highest BCUT2D eigenvalue weighted by Crippen LogP contribution is 2.01. The lowest BCUT2D eigenvalue weighted by Gasteiger charge is -2.22. The quantitative estimate of drug-likeness (QED) is 0.788. The van der Waals surface area contributed by atoms with Crippen LogP contribution in [-0.2, 0) is 18.0 Å². The van der Waals surface area contributed by atoms with Crippen LogP contribution in [0.25, 0.3) is 0 Å². The maximum absolute atomic E-state index is 5.45. The summed E-state index contributed by atoms with van der Waals surface area (Å²) in [4.78, 5) is 1.43. The molecule has 0 amide bonds. The highest BCUT2D eigenvalue weighted by molar-refractivity contribution is 7.71. The third-order valence-electron chi connectivity index (χ3n) is 3.45. The third kappa shape index (κ3) is 3.12. The first-order valence-electron chi connectivity index (χ1n) is 6.79. The molecule has 0 saturated carbocycles. The molecule has 20 heavy (non-hydrogen) atoms. The molecule has 0 bridgehead atoms. The molecule has 0 radical (unpaired) electrons. The summed E-state index contributed by atoms with van der Waals surface area (Å²) in [6.45, 7) is 5.03. The van der Waals surface area contributed by atoms with E-state index in [-0.39, 0.29) is 0 Å². The molecule has 1 aromatic heterocycles. The molecule has 106 valence electrons. The number of rotatable bonds is 4.